The highest BCUT2D eigenvalue weighted by Crippen LogP contribution is 2.52. The number of amides is 1. The summed E-state index contributed by atoms with van der Waals surface area (Å²) in [6.07, 6.45) is 5.29. The number of rotatable bonds is 6. The lowest BCUT2D eigenvalue weighted by Crippen LogP contribution is -2.60. The largest absolute Gasteiger partial charge is 0.481 e. The summed E-state index contributed by atoms with van der Waals surface area (Å²) >= 11 is 0. The molecule has 0 radical (unpaired) electrons. The van der Waals surface area contributed by atoms with Gasteiger partial charge in [0.05, 0.1) is 38.2 Å². The summed E-state index contributed by atoms with van der Waals surface area (Å²) < 4.78 is 11.8. The quantitative estimate of drug-likeness (QED) is 0.590. The Kier molecular flexibility index (Phi) is 6.60. The van der Waals surface area contributed by atoms with E-state index in [-0.39, 0.29) is 31.4 Å². The molecule has 5 rings (SSSR count). The van der Waals surface area contributed by atoms with Crippen LogP contribution in [0.15, 0.2) is 54.2 Å². The van der Waals surface area contributed by atoms with Crippen molar-refractivity contribution in [1.29, 1.82) is 0 Å². The molecule has 3 aliphatic rings. The summed E-state index contributed by atoms with van der Waals surface area (Å²) in [4.78, 5) is 40.7. The first-order valence-corrected chi connectivity index (χ1v) is 12.8. The van der Waals surface area contributed by atoms with Crippen LogP contribution in [0.25, 0.3) is 10.8 Å². The molecule has 2 aromatic rings. The third kappa shape index (κ3) is 4.09. The minimum Gasteiger partial charge on any atom is -0.481 e. The van der Waals surface area contributed by atoms with Gasteiger partial charge in [0.25, 0.3) is 0 Å². The number of piperidine rings is 1. The normalized spacial score (nSPS) is 28.6. The van der Waals surface area contributed by atoms with E-state index in [9.17, 15) is 19.5 Å². The first-order chi connectivity index (χ1) is 17.3. The molecule has 2 fully saturated rings. The molecule has 1 aliphatic carbocycles. The van der Waals surface area contributed by atoms with Crippen LogP contribution in [0.4, 0.5) is 0 Å². The maximum atomic E-state index is 13.9. The minimum absolute atomic E-state index is 0.0568. The van der Waals surface area contributed by atoms with Gasteiger partial charge in [-0.15, -0.1) is 0 Å². The number of likely N-dealkylation sites (tertiary alicyclic amines) is 1. The third-order valence-corrected chi connectivity index (χ3v) is 8.35. The molecule has 36 heavy (non-hydrogen) atoms. The molecule has 2 aromatic carbocycles. The molecule has 4 atom stereocenters. The summed E-state index contributed by atoms with van der Waals surface area (Å²) in [6.45, 7) is 2.10. The number of hydrogen-bond acceptors (Lipinski definition) is 5. The molecule has 1 saturated heterocycles. The Balaban J connectivity index is 1.65. The number of nitrogens with zero attached hydrogens (tertiary/aromatic N) is 1. The number of fused-ring (bicyclic) bond motifs is 2. The van der Waals surface area contributed by atoms with Crippen LogP contribution in [0, 0.1) is 17.3 Å². The molecule has 7 nitrogen and oxygen atoms in total. The molecule has 0 aromatic heterocycles. The van der Waals surface area contributed by atoms with Crippen LogP contribution in [0.1, 0.15) is 51.0 Å². The lowest BCUT2D eigenvalue weighted by molar-refractivity contribution is -0.178. The van der Waals surface area contributed by atoms with Gasteiger partial charge in [-0.2, -0.15) is 0 Å². The Bertz CT molecular complexity index is 1210. The maximum Gasteiger partial charge on any atom is 0.320 e. The van der Waals surface area contributed by atoms with Crippen molar-refractivity contribution in [3.05, 3.63) is 59.8 Å². The number of esters is 1. The van der Waals surface area contributed by atoms with E-state index in [0.717, 1.165) is 42.0 Å². The molecule has 1 N–H and O–H groups in total. The highest BCUT2D eigenvalue weighted by Gasteiger charge is 2.60. The van der Waals surface area contributed by atoms with Crippen molar-refractivity contribution in [2.24, 2.45) is 17.3 Å². The van der Waals surface area contributed by atoms with Gasteiger partial charge >= 0.3 is 11.9 Å². The fraction of sp³-hybridized carbons (Fsp3) is 0.483. The maximum absolute atomic E-state index is 13.9. The van der Waals surface area contributed by atoms with Crippen LogP contribution >= 0.6 is 0 Å². The monoisotopic (exact) mass is 491 g/mol. The number of carboxylic acids is 1. The van der Waals surface area contributed by atoms with Crippen LogP contribution in [-0.2, 0) is 30.4 Å². The average Bonchev–Trinajstić information content (AvgIpc) is 3.41. The van der Waals surface area contributed by atoms with E-state index < -0.39 is 29.4 Å². The molecule has 7 heteroatoms. The SMILES string of the molecule is COC(=O)[C@@]12C[C@H](CC(=O)O)C(=O)N(Cc3cccc4ccccc34)C1=C[C@@H](C1CCCC1)O[C@H]2C. The van der Waals surface area contributed by atoms with Gasteiger partial charge in [0.15, 0.2) is 0 Å². The molecule has 0 bridgehead atoms. The summed E-state index contributed by atoms with van der Waals surface area (Å²) in [7, 11) is 1.34. The van der Waals surface area contributed by atoms with Gasteiger partial charge in [-0.05, 0) is 54.5 Å². The number of carbonyl (C=O) groups excluding carboxylic acids is 2. The summed E-state index contributed by atoms with van der Waals surface area (Å²) in [5, 5.41) is 11.7. The number of ether oxygens (including phenoxy) is 2. The topological polar surface area (TPSA) is 93.1 Å². The first-order valence-electron chi connectivity index (χ1n) is 12.8. The number of hydrogen-bond donors (Lipinski definition) is 1. The number of benzene rings is 2. The smallest absolute Gasteiger partial charge is 0.320 e. The Hall–Kier alpha value is -3.19. The fourth-order valence-electron chi connectivity index (χ4n) is 6.52. The van der Waals surface area contributed by atoms with Crippen molar-refractivity contribution >= 4 is 28.6 Å². The van der Waals surface area contributed by atoms with Crippen LogP contribution in [0.5, 0.6) is 0 Å². The standard InChI is InChI=1S/C29H33NO6/c1-18-29(28(34)35-2)16-22(14-26(31)32)27(33)30(25(29)15-24(36-18)20-9-3-4-10-20)17-21-12-7-11-19-8-5-6-13-23(19)21/h5-8,11-13,15,18,20,22,24H,3-4,9-10,14,16-17H2,1-2H3,(H,31,32)/t18-,22-,24-,29+/m0/s1. The van der Waals surface area contributed by atoms with E-state index in [4.69, 9.17) is 9.47 Å². The molecule has 190 valence electrons. The van der Waals surface area contributed by atoms with Gasteiger partial charge in [0.1, 0.15) is 5.41 Å². The molecule has 1 amide bonds. The highest BCUT2D eigenvalue weighted by molar-refractivity contribution is 5.92. The number of methoxy groups -OCH3 is 1. The van der Waals surface area contributed by atoms with Crippen molar-refractivity contribution < 1.29 is 29.0 Å². The molecular weight excluding hydrogens is 458 g/mol. The van der Waals surface area contributed by atoms with Gasteiger partial charge in [-0.3, -0.25) is 14.4 Å². The van der Waals surface area contributed by atoms with Crippen molar-refractivity contribution in [1.82, 2.24) is 4.90 Å². The lowest BCUT2D eigenvalue weighted by atomic mass is 9.66. The van der Waals surface area contributed by atoms with E-state index >= 15 is 0 Å². The summed E-state index contributed by atoms with van der Waals surface area (Å²) in [5.41, 5.74) is 0.292. The molecule has 1 saturated carbocycles. The second-order valence-electron chi connectivity index (χ2n) is 10.4. The second-order valence-corrected chi connectivity index (χ2v) is 10.4. The van der Waals surface area contributed by atoms with Crippen molar-refractivity contribution in [3.63, 3.8) is 0 Å². The van der Waals surface area contributed by atoms with Crippen LogP contribution in [0.3, 0.4) is 0 Å². The molecular formula is C29H33NO6. The second kappa shape index (κ2) is 9.69. The lowest BCUT2D eigenvalue weighted by Gasteiger charge is -2.52. The third-order valence-electron chi connectivity index (χ3n) is 8.35. The average molecular weight is 492 g/mol. The molecule has 0 spiro atoms. The predicted octanol–water partition coefficient (Wildman–Crippen LogP) is 4.68. The van der Waals surface area contributed by atoms with Crippen LogP contribution in [-0.4, -0.2) is 47.2 Å². The zero-order chi connectivity index (χ0) is 25.4. The predicted molar refractivity (Wildman–Crippen MR) is 134 cm³/mol. The first kappa shape index (κ1) is 24.5. The number of carbonyl (C=O) groups is 3. The van der Waals surface area contributed by atoms with Crippen molar-refractivity contribution in [3.8, 4) is 0 Å². The summed E-state index contributed by atoms with van der Waals surface area (Å²) in [5.74, 6) is -2.35. The Morgan fingerprint density at radius 2 is 1.86 bits per heavy atom. The van der Waals surface area contributed by atoms with Crippen LogP contribution < -0.4 is 0 Å². The summed E-state index contributed by atoms with van der Waals surface area (Å²) in [6, 6.07) is 13.9. The van der Waals surface area contributed by atoms with Gasteiger partial charge < -0.3 is 19.5 Å². The van der Waals surface area contributed by atoms with E-state index in [2.05, 4.69) is 0 Å². The molecule has 0 unspecified atom stereocenters. The van der Waals surface area contributed by atoms with Gasteiger partial charge in [-0.1, -0.05) is 55.3 Å². The Morgan fingerprint density at radius 3 is 2.58 bits per heavy atom. The molecule has 2 heterocycles. The number of carboxylic acid groups (broad SMARTS) is 1. The van der Waals surface area contributed by atoms with Gasteiger partial charge in [0.2, 0.25) is 5.91 Å². The Labute approximate surface area is 211 Å². The van der Waals surface area contributed by atoms with Crippen LogP contribution in [0.2, 0.25) is 0 Å². The van der Waals surface area contributed by atoms with E-state index in [1.807, 2.05) is 55.5 Å². The zero-order valence-corrected chi connectivity index (χ0v) is 20.8. The fourth-order valence-corrected chi connectivity index (χ4v) is 6.52. The molecule has 2 aliphatic heterocycles. The Morgan fingerprint density at radius 1 is 1.14 bits per heavy atom. The van der Waals surface area contributed by atoms with Crippen molar-refractivity contribution in [2.45, 2.75) is 64.2 Å². The minimum atomic E-state index is -1.25. The zero-order valence-electron chi connectivity index (χ0n) is 20.8. The number of aliphatic carboxylic acids is 1. The van der Waals surface area contributed by atoms with Crippen molar-refractivity contribution in [2.75, 3.05) is 7.11 Å². The van der Waals surface area contributed by atoms with E-state index in [1.54, 1.807) is 4.90 Å². The van der Waals surface area contributed by atoms with E-state index in [1.165, 1.54) is 7.11 Å². The van der Waals surface area contributed by atoms with Gasteiger partial charge in [-0.25, -0.2) is 0 Å². The van der Waals surface area contributed by atoms with E-state index in [0.29, 0.717) is 11.6 Å². The highest BCUT2D eigenvalue weighted by atomic mass is 16.5. The van der Waals surface area contributed by atoms with Gasteiger partial charge in [0, 0.05) is 5.70 Å².